The minimum atomic E-state index is -0.182. The molecule has 0 aliphatic carbocycles. The molecule has 0 unspecified atom stereocenters. The maximum Gasteiger partial charge on any atom is 0.272 e. The lowest BCUT2D eigenvalue weighted by Crippen LogP contribution is -2.26. The molecule has 7 nitrogen and oxygen atoms in total. The average Bonchev–Trinajstić information content (AvgIpc) is 3.31. The summed E-state index contributed by atoms with van der Waals surface area (Å²) in [6, 6.07) is 7.70. The van der Waals surface area contributed by atoms with Gasteiger partial charge in [-0.25, -0.2) is 14.6 Å². The fourth-order valence-electron chi connectivity index (χ4n) is 2.45. The Morgan fingerprint density at radius 2 is 2.12 bits per heavy atom. The number of nitrogens with one attached hydrogen (secondary N) is 1. The number of imidazole rings is 1. The zero-order chi connectivity index (χ0) is 16.5. The first-order chi connectivity index (χ1) is 11.7. The third-order valence-corrected chi connectivity index (χ3v) is 4.52. The topological polar surface area (TPSA) is 77.1 Å². The fraction of sp³-hybridized carbons (Fsp3) is 0.125. The van der Waals surface area contributed by atoms with Crippen LogP contribution in [0.4, 0.5) is 0 Å². The highest BCUT2D eigenvalue weighted by Crippen LogP contribution is 2.17. The summed E-state index contributed by atoms with van der Waals surface area (Å²) in [6.45, 7) is 1.95. The maximum atomic E-state index is 12.3. The molecule has 0 saturated heterocycles. The Hall–Kier alpha value is -3.00. The number of nitrogens with zero attached hydrogens (tertiary/aromatic N) is 5. The zero-order valence-corrected chi connectivity index (χ0v) is 13.6. The molecule has 0 bridgehead atoms. The number of hydrogen-bond acceptors (Lipinski definition) is 5. The molecule has 3 aromatic heterocycles. The van der Waals surface area contributed by atoms with Crippen molar-refractivity contribution in [1.29, 1.82) is 0 Å². The lowest BCUT2D eigenvalue weighted by Gasteiger charge is -2.14. The van der Waals surface area contributed by atoms with Crippen LogP contribution in [0.5, 0.6) is 0 Å². The first-order valence-electron chi connectivity index (χ1n) is 7.39. The summed E-state index contributed by atoms with van der Waals surface area (Å²) in [5.41, 5.74) is 2.35. The van der Waals surface area contributed by atoms with Gasteiger partial charge in [0.15, 0.2) is 4.96 Å². The van der Waals surface area contributed by atoms with Gasteiger partial charge in [0.2, 0.25) is 0 Å². The number of carbonyl (C=O) groups is 1. The van der Waals surface area contributed by atoms with Crippen molar-refractivity contribution in [2.24, 2.45) is 0 Å². The van der Waals surface area contributed by atoms with Crippen molar-refractivity contribution in [1.82, 2.24) is 29.5 Å². The maximum absolute atomic E-state index is 12.3. The van der Waals surface area contributed by atoms with Gasteiger partial charge in [-0.2, -0.15) is 5.10 Å². The van der Waals surface area contributed by atoms with Crippen molar-refractivity contribution in [2.75, 3.05) is 0 Å². The minimum absolute atomic E-state index is 0.123. The van der Waals surface area contributed by atoms with Gasteiger partial charge in [0.25, 0.3) is 5.91 Å². The second-order valence-electron chi connectivity index (χ2n) is 5.35. The largest absolute Gasteiger partial charge is 0.344 e. The Balaban J connectivity index is 1.48. The van der Waals surface area contributed by atoms with Gasteiger partial charge in [0, 0.05) is 17.8 Å². The van der Waals surface area contributed by atoms with E-state index in [2.05, 4.69) is 20.4 Å². The highest BCUT2D eigenvalue weighted by Gasteiger charge is 2.15. The molecule has 120 valence electrons. The number of hydrogen-bond donors (Lipinski definition) is 1. The molecule has 1 atom stereocenters. The monoisotopic (exact) mass is 338 g/mol. The molecule has 1 amide bonds. The summed E-state index contributed by atoms with van der Waals surface area (Å²) < 4.78 is 3.53. The van der Waals surface area contributed by atoms with Gasteiger partial charge in [0.1, 0.15) is 18.3 Å². The van der Waals surface area contributed by atoms with E-state index in [1.807, 2.05) is 47.2 Å². The molecule has 3 heterocycles. The highest BCUT2D eigenvalue weighted by molar-refractivity contribution is 7.15. The Morgan fingerprint density at radius 3 is 2.83 bits per heavy atom. The van der Waals surface area contributed by atoms with Gasteiger partial charge in [0.05, 0.1) is 11.7 Å². The predicted molar refractivity (Wildman–Crippen MR) is 90.3 cm³/mol. The second kappa shape index (κ2) is 5.89. The van der Waals surface area contributed by atoms with Crippen LogP contribution in [0.2, 0.25) is 0 Å². The van der Waals surface area contributed by atoms with E-state index >= 15 is 0 Å². The lowest BCUT2D eigenvalue weighted by atomic mass is 10.1. The van der Waals surface area contributed by atoms with Crippen LogP contribution in [0.15, 0.2) is 54.7 Å². The zero-order valence-electron chi connectivity index (χ0n) is 12.8. The summed E-state index contributed by atoms with van der Waals surface area (Å²) in [5.74, 6) is -0.182. The molecule has 0 saturated carbocycles. The van der Waals surface area contributed by atoms with Gasteiger partial charge >= 0.3 is 0 Å². The van der Waals surface area contributed by atoms with Crippen LogP contribution >= 0.6 is 11.3 Å². The lowest BCUT2D eigenvalue weighted by molar-refractivity contribution is 0.0935. The van der Waals surface area contributed by atoms with Crippen molar-refractivity contribution < 1.29 is 4.79 Å². The molecule has 0 fully saturated rings. The van der Waals surface area contributed by atoms with Gasteiger partial charge in [-0.15, -0.1) is 11.3 Å². The van der Waals surface area contributed by atoms with E-state index < -0.39 is 0 Å². The number of thiazole rings is 1. The Bertz CT molecular complexity index is 941. The predicted octanol–water partition coefficient (Wildman–Crippen LogP) is 2.47. The van der Waals surface area contributed by atoms with Crippen LogP contribution in [0.25, 0.3) is 10.6 Å². The summed E-state index contributed by atoms with van der Waals surface area (Å²) in [4.78, 5) is 21.4. The third-order valence-electron chi connectivity index (χ3n) is 3.75. The molecule has 0 aliphatic rings. The summed E-state index contributed by atoms with van der Waals surface area (Å²) in [6.07, 6.45) is 6.76. The number of benzene rings is 1. The second-order valence-corrected chi connectivity index (χ2v) is 6.22. The van der Waals surface area contributed by atoms with Crippen LogP contribution in [0, 0.1) is 0 Å². The molecule has 0 aliphatic heterocycles. The van der Waals surface area contributed by atoms with Crippen molar-refractivity contribution in [2.45, 2.75) is 13.0 Å². The van der Waals surface area contributed by atoms with Gasteiger partial charge in [-0.3, -0.25) is 9.20 Å². The van der Waals surface area contributed by atoms with E-state index in [4.69, 9.17) is 0 Å². The highest BCUT2D eigenvalue weighted by atomic mass is 32.1. The summed E-state index contributed by atoms with van der Waals surface area (Å²) in [7, 11) is 0. The Kier molecular flexibility index (Phi) is 3.58. The van der Waals surface area contributed by atoms with Crippen LogP contribution < -0.4 is 5.32 Å². The molecule has 0 radical (unpaired) electrons. The minimum Gasteiger partial charge on any atom is -0.344 e. The van der Waals surface area contributed by atoms with Gasteiger partial charge < -0.3 is 5.32 Å². The van der Waals surface area contributed by atoms with E-state index in [1.54, 1.807) is 17.2 Å². The average molecular weight is 338 g/mol. The Labute approximate surface area is 141 Å². The molecule has 0 spiro atoms. The number of amides is 1. The van der Waals surface area contributed by atoms with Gasteiger partial charge in [-0.1, -0.05) is 12.1 Å². The molecule has 8 heteroatoms. The van der Waals surface area contributed by atoms with E-state index in [-0.39, 0.29) is 11.9 Å². The van der Waals surface area contributed by atoms with Crippen molar-refractivity contribution >= 4 is 22.2 Å². The molecule has 24 heavy (non-hydrogen) atoms. The quantitative estimate of drug-likeness (QED) is 0.620. The fourth-order valence-corrected chi connectivity index (χ4v) is 3.15. The standard InChI is InChI=1S/C16H14N6OS/c1-11(12-2-4-13(5-3-12)22-10-17-9-18-22)19-15(23)14-8-21-6-7-24-16(21)20-14/h2-11H,1H3,(H,19,23)/t11-/m0/s1. The van der Waals surface area contributed by atoms with Crippen LogP contribution in [0.1, 0.15) is 29.0 Å². The first-order valence-corrected chi connectivity index (χ1v) is 8.27. The SMILES string of the molecule is C[C@H](NC(=O)c1cn2ccsc2n1)c1ccc(-n2cncn2)cc1. The van der Waals surface area contributed by atoms with Crippen LogP contribution in [-0.2, 0) is 0 Å². The molecular formula is C16H14N6OS. The number of fused-ring (bicyclic) bond motifs is 1. The number of rotatable bonds is 4. The van der Waals surface area contributed by atoms with Crippen LogP contribution in [-0.4, -0.2) is 30.1 Å². The van der Waals surface area contributed by atoms with Crippen molar-refractivity contribution in [3.8, 4) is 5.69 Å². The smallest absolute Gasteiger partial charge is 0.272 e. The summed E-state index contributed by atoms with van der Waals surface area (Å²) >= 11 is 1.50. The van der Waals surface area contributed by atoms with Crippen molar-refractivity contribution in [3.05, 3.63) is 66.0 Å². The molecule has 1 aromatic carbocycles. The van der Waals surface area contributed by atoms with E-state index in [9.17, 15) is 4.79 Å². The molecular weight excluding hydrogens is 324 g/mol. The van der Waals surface area contributed by atoms with E-state index in [0.717, 1.165) is 16.2 Å². The van der Waals surface area contributed by atoms with E-state index in [0.29, 0.717) is 5.69 Å². The van der Waals surface area contributed by atoms with E-state index in [1.165, 1.54) is 17.7 Å². The molecule has 4 rings (SSSR count). The first kappa shape index (κ1) is 14.6. The Morgan fingerprint density at radius 1 is 1.29 bits per heavy atom. The van der Waals surface area contributed by atoms with Crippen molar-refractivity contribution in [3.63, 3.8) is 0 Å². The number of aromatic nitrogens is 5. The molecule has 1 N–H and O–H groups in total. The summed E-state index contributed by atoms with van der Waals surface area (Å²) in [5, 5.41) is 9.00. The molecule has 4 aromatic rings. The third kappa shape index (κ3) is 2.67. The normalized spacial score (nSPS) is 12.4. The van der Waals surface area contributed by atoms with Crippen LogP contribution in [0.3, 0.4) is 0 Å². The van der Waals surface area contributed by atoms with Gasteiger partial charge in [-0.05, 0) is 24.6 Å². The number of carbonyl (C=O) groups excluding carboxylic acids is 1.